The average Bonchev–Trinajstić information content (AvgIpc) is 2.97. The Morgan fingerprint density at radius 2 is 1.48 bits per heavy atom. The number of anilines is 3. The lowest BCUT2D eigenvalue weighted by Crippen LogP contribution is -2.05. The van der Waals surface area contributed by atoms with Crippen molar-refractivity contribution in [2.24, 2.45) is 4.99 Å². The molecule has 4 aromatic carbocycles. The van der Waals surface area contributed by atoms with Gasteiger partial charge in [0.2, 0.25) is 5.91 Å². The molecular formula is C33H25N3O5S. The molecule has 8 nitrogen and oxygen atoms in total. The Morgan fingerprint density at radius 1 is 0.762 bits per heavy atom. The Bertz CT molecular complexity index is 2090. The number of nitrogens with zero attached hydrogens (tertiary/aromatic N) is 1. The number of carbonyl (C=O) groups excluding carboxylic acids is 1. The van der Waals surface area contributed by atoms with Gasteiger partial charge in [-0.3, -0.25) is 9.35 Å². The van der Waals surface area contributed by atoms with Crippen molar-refractivity contribution in [1.82, 2.24) is 0 Å². The third-order valence-corrected chi connectivity index (χ3v) is 7.56. The first-order valence-electron chi connectivity index (χ1n) is 13.1. The summed E-state index contributed by atoms with van der Waals surface area (Å²) < 4.78 is 41.2. The first kappa shape index (κ1) is 26.9. The van der Waals surface area contributed by atoms with Crippen LogP contribution in [0.2, 0.25) is 0 Å². The second-order valence-electron chi connectivity index (χ2n) is 9.67. The molecule has 1 aliphatic heterocycles. The highest BCUT2D eigenvalue weighted by Crippen LogP contribution is 2.42. The van der Waals surface area contributed by atoms with Crippen molar-refractivity contribution in [2.75, 3.05) is 10.6 Å². The van der Waals surface area contributed by atoms with Crippen LogP contribution in [0.5, 0.6) is 0 Å². The van der Waals surface area contributed by atoms with Crippen molar-refractivity contribution in [3.05, 3.63) is 121 Å². The fourth-order valence-corrected chi connectivity index (χ4v) is 5.57. The number of para-hydroxylation sites is 1. The average molecular weight is 576 g/mol. The van der Waals surface area contributed by atoms with Crippen LogP contribution in [0.1, 0.15) is 6.92 Å². The molecule has 1 heterocycles. The molecule has 0 unspecified atom stereocenters. The minimum absolute atomic E-state index is 0.156. The van der Waals surface area contributed by atoms with Gasteiger partial charge in [0.05, 0.1) is 11.0 Å². The van der Waals surface area contributed by atoms with Crippen LogP contribution in [0.15, 0.2) is 130 Å². The van der Waals surface area contributed by atoms with Gasteiger partial charge in [-0.2, -0.15) is 8.42 Å². The van der Waals surface area contributed by atoms with Gasteiger partial charge in [-0.25, -0.2) is 4.99 Å². The number of hydrogen-bond donors (Lipinski definition) is 3. The molecule has 42 heavy (non-hydrogen) atoms. The van der Waals surface area contributed by atoms with E-state index in [1.54, 1.807) is 48.5 Å². The van der Waals surface area contributed by atoms with Gasteiger partial charge in [-0.1, -0.05) is 36.4 Å². The topological polar surface area (TPSA) is 121 Å². The second kappa shape index (κ2) is 11.0. The van der Waals surface area contributed by atoms with Gasteiger partial charge in [0.1, 0.15) is 16.2 Å². The molecule has 0 bridgehead atoms. The van der Waals surface area contributed by atoms with Crippen LogP contribution in [0.4, 0.5) is 22.7 Å². The number of benzene rings is 5. The Balaban J connectivity index is 1.55. The van der Waals surface area contributed by atoms with Gasteiger partial charge in [-0.15, -0.1) is 0 Å². The molecule has 1 amide bonds. The van der Waals surface area contributed by atoms with E-state index in [9.17, 15) is 17.8 Å². The predicted octanol–water partition coefficient (Wildman–Crippen LogP) is 7.39. The third-order valence-electron chi connectivity index (χ3n) is 6.65. The number of fused-ring (bicyclic) bond motifs is 2. The maximum Gasteiger partial charge on any atom is 0.295 e. The van der Waals surface area contributed by atoms with E-state index in [1.807, 2.05) is 60.7 Å². The molecule has 0 saturated heterocycles. The molecule has 0 saturated carbocycles. The molecule has 3 N–H and O–H groups in total. The van der Waals surface area contributed by atoms with E-state index < -0.39 is 10.1 Å². The zero-order chi connectivity index (χ0) is 29.3. The van der Waals surface area contributed by atoms with Crippen LogP contribution in [0.25, 0.3) is 33.4 Å². The first-order chi connectivity index (χ1) is 20.2. The molecule has 0 spiro atoms. The highest BCUT2D eigenvalue weighted by molar-refractivity contribution is 7.86. The van der Waals surface area contributed by atoms with E-state index >= 15 is 0 Å². The molecule has 2 aliphatic rings. The van der Waals surface area contributed by atoms with E-state index in [0.717, 1.165) is 11.4 Å². The molecule has 9 heteroatoms. The SMILES string of the molecule is CC(=O)Nc1ccc(/N=c2\ccc3c(-c4ccccc4S(=O)(=O)O)c4ccc(Nc5ccccc5)cc4oc-3c2)cc1. The molecule has 0 fully saturated rings. The Hall–Kier alpha value is -5.25. The number of amides is 1. The van der Waals surface area contributed by atoms with Gasteiger partial charge in [0.25, 0.3) is 10.1 Å². The van der Waals surface area contributed by atoms with Gasteiger partial charge in [0, 0.05) is 58.2 Å². The molecule has 1 aliphatic carbocycles. The van der Waals surface area contributed by atoms with E-state index in [2.05, 4.69) is 10.6 Å². The minimum atomic E-state index is -4.52. The molecule has 0 aromatic heterocycles. The van der Waals surface area contributed by atoms with E-state index in [1.165, 1.54) is 13.0 Å². The molecule has 0 radical (unpaired) electrons. The smallest absolute Gasteiger partial charge is 0.295 e. The van der Waals surface area contributed by atoms with Crippen LogP contribution in [0, 0.1) is 0 Å². The van der Waals surface area contributed by atoms with Crippen molar-refractivity contribution in [2.45, 2.75) is 11.8 Å². The van der Waals surface area contributed by atoms with Crippen LogP contribution in [0.3, 0.4) is 0 Å². The highest BCUT2D eigenvalue weighted by Gasteiger charge is 2.23. The van der Waals surface area contributed by atoms with Crippen molar-refractivity contribution in [3.63, 3.8) is 0 Å². The lowest BCUT2D eigenvalue weighted by molar-refractivity contribution is -0.114. The Kier molecular flexibility index (Phi) is 7.03. The number of hydrogen-bond acceptors (Lipinski definition) is 6. The summed E-state index contributed by atoms with van der Waals surface area (Å²) in [5.74, 6) is 0.326. The van der Waals surface area contributed by atoms with Crippen LogP contribution >= 0.6 is 0 Å². The van der Waals surface area contributed by atoms with E-state index in [4.69, 9.17) is 9.41 Å². The monoisotopic (exact) mass is 575 g/mol. The molecule has 6 rings (SSSR count). The molecular weight excluding hydrogens is 550 g/mol. The fraction of sp³-hybridized carbons (Fsp3) is 0.0303. The maximum absolute atomic E-state index is 12.4. The number of rotatable bonds is 6. The van der Waals surface area contributed by atoms with Crippen molar-refractivity contribution < 1.29 is 22.2 Å². The van der Waals surface area contributed by atoms with Crippen LogP contribution < -0.4 is 16.0 Å². The summed E-state index contributed by atoms with van der Waals surface area (Å²) in [6, 6.07) is 34.2. The quantitative estimate of drug-likeness (QED) is 0.141. The van der Waals surface area contributed by atoms with Gasteiger partial charge >= 0.3 is 0 Å². The summed E-state index contributed by atoms with van der Waals surface area (Å²) in [6.45, 7) is 1.45. The predicted molar refractivity (Wildman–Crippen MR) is 164 cm³/mol. The van der Waals surface area contributed by atoms with Crippen molar-refractivity contribution in [1.29, 1.82) is 0 Å². The summed E-state index contributed by atoms with van der Waals surface area (Å²) in [5.41, 5.74) is 5.16. The highest BCUT2D eigenvalue weighted by atomic mass is 32.2. The van der Waals surface area contributed by atoms with E-state index in [-0.39, 0.29) is 10.8 Å². The molecule has 4 aromatic rings. The zero-order valence-electron chi connectivity index (χ0n) is 22.4. The van der Waals surface area contributed by atoms with Crippen LogP contribution in [-0.2, 0) is 14.9 Å². The molecule has 208 valence electrons. The normalized spacial score (nSPS) is 12.0. The lowest BCUT2D eigenvalue weighted by atomic mass is 9.93. The third kappa shape index (κ3) is 5.64. The second-order valence-corrected chi connectivity index (χ2v) is 11.1. The van der Waals surface area contributed by atoms with E-state index in [0.29, 0.717) is 50.2 Å². The molecule has 0 atom stereocenters. The van der Waals surface area contributed by atoms with Gasteiger partial charge < -0.3 is 15.1 Å². The number of nitrogens with one attached hydrogen (secondary N) is 2. The standard InChI is InChI=1S/C33H25N3O5S/c1-21(37)34-23-11-13-24(14-12-23)36-26-16-18-28-31(20-26)41-30-19-25(35-22-7-3-2-4-8-22)15-17-27(30)33(28)29-9-5-6-10-32(29)42(38,39)40/h2-20,35H,1H3,(H,34,37)(H,38,39,40)/b36-26+. The summed E-state index contributed by atoms with van der Waals surface area (Å²) in [5, 5.41) is 7.38. The zero-order valence-corrected chi connectivity index (χ0v) is 23.2. The summed E-state index contributed by atoms with van der Waals surface area (Å²) >= 11 is 0. The van der Waals surface area contributed by atoms with Gasteiger partial charge in [0.15, 0.2) is 0 Å². The Morgan fingerprint density at radius 3 is 2.21 bits per heavy atom. The van der Waals surface area contributed by atoms with Crippen LogP contribution in [-0.4, -0.2) is 18.9 Å². The largest absolute Gasteiger partial charge is 0.456 e. The fourth-order valence-electron chi connectivity index (χ4n) is 4.87. The summed E-state index contributed by atoms with van der Waals surface area (Å²) in [7, 11) is -4.52. The summed E-state index contributed by atoms with van der Waals surface area (Å²) in [6.07, 6.45) is 0. The van der Waals surface area contributed by atoms with Gasteiger partial charge in [-0.05, 0) is 66.7 Å². The first-order valence-corrected chi connectivity index (χ1v) is 14.5. The Labute approximate surface area is 242 Å². The maximum atomic E-state index is 12.4. The number of carbonyl (C=O) groups is 1. The minimum Gasteiger partial charge on any atom is -0.456 e. The lowest BCUT2D eigenvalue weighted by Gasteiger charge is -2.18. The van der Waals surface area contributed by atoms with Crippen molar-refractivity contribution >= 4 is 49.7 Å². The summed E-state index contributed by atoms with van der Waals surface area (Å²) in [4.78, 5) is 15.8. The van der Waals surface area contributed by atoms with Crippen molar-refractivity contribution in [3.8, 4) is 22.5 Å².